The van der Waals surface area contributed by atoms with E-state index >= 15 is 0 Å². The van der Waals surface area contributed by atoms with E-state index in [2.05, 4.69) is 10.1 Å². The molecule has 1 aliphatic rings. The number of aliphatic hydroxyl groups is 1. The summed E-state index contributed by atoms with van der Waals surface area (Å²) in [5.74, 6) is 2.21. The number of nitrogens with zero attached hydrogens (tertiary/aromatic N) is 4. The molecule has 11 heteroatoms. The zero-order chi connectivity index (χ0) is 23.5. The van der Waals surface area contributed by atoms with Crippen LogP contribution in [0.3, 0.4) is 0 Å². The van der Waals surface area contributed by atoms with Gasteiger partial charge >= 0.3 is 0 Å². The molecule has 1 saturated heterocycles. The second-order valence-corrected chi connectivity index (χ2v) is 7.61. The van der Waals surface area contributed by atoms with Crippen LogP contribution >= 0.6 is 0 Å². The monoisotopic (exact) mass is 457 g/mol. The minimum Gasteiger partial charge on any atom is -0.733 e. The Morgan fingerprint density at radius 1 is 1.15 bits per heavy atom. The van der Waals surface area contributed by atoms with Crippen LogP contribution in [-0.4, -0.2) is 59.3 Å². The van der Waals surface area contributed by atoms with Gasteiger partial charge in [0, 0.05) is 24.2 Å². The molecule has 0 amide bonds. The summed E-state index contributed by atoms with van der Waals surface area (Å²) in [6.07, 6.45) is -0.148. The largest absolute Gasteiger partial charge is 0.733 e. The van der Waals surface area contributed by atoms with E-state index < -0.39 is 6.10 Å². The molecule has 176 valence electrons. The lowest BCUT2D eigenvalue weighted by Crippen LogP contribution is -2.25. The topological polar surface area (TPSA) is 137 Å². The summed E-state index contributed by atoms with van der Waals surface area (Å²) >= 11 is 0. The molecule has 0 bridgehead atoms. The highest BCUT2D eigenvalue weighted by Crippen LogP contribution is 2.42. The number of anilines is 1. The van der Waals surface area contributed by atoms with E-state index in [9.17, 15) is 10.3 Å². The summed E-state index contributed by atoms with van der Waals surface area (Å²) in [6, 6.07) is 9.59. The number of β-amino-alcohol motifs (C(OH)–C–C–N with tert-alkyl or cyclic N) is 1. The van der Waals surface area contributed by atoms with Crippen LogP contribution in [0.2, 0.25) is 0 Å². The van der Waals surface area contributed by atoms with Gasteiger partial charge in [-0.2, -0.15) is 4.98 Å². The molecule has 33 heavy (non-hydrogen) atoms. The molecule has 0 radical (unpaired) electrons. The van der Waals surface area contributed by atoms with E-state index in [4.69, 9.17) is 23.9 Å². The third-order valence-corrected chi connectivity index (χ3v) is 5.59. The Hall–Kier alpha value is -3.38. The Morgan fingerprint density at radius 3 is 2.64 bits per heavy atom. The fourth-order valence-corrected chi connectivity index (χ4v) is 4.07. The first-order chi connectivity index (χ1) is 15.9. The number of likely N-dealkylation sites (tertiary alicyclic amines) is 1. The number of ether oxygens (including phenoxy) is 3. The molecule has 4 rings (SSSR count). The predicted octanol–water partition coefficient (Wildman–Crippen LogP) is 2.76. The maximum Gasteiger partial charge on any atom is 0.244 e. The predicted molar refractivity (Wildman–Crippen MR) is 117 cm³/mol. The van der Waals surface area contributed by atoms with Gasteiger partial charge in [0.25, 0.3) is 0 Å². The summed E-state index contributed by atoms with van der Waals surface area (Å²) < 4.78 is 21.9. The van der Waals surface area contributed by atoms with Crippen LogP contribution in [0.25, 0.3) is 11.4 Å². The van der Waals surface area contributed by atoms with Gasteiger partial charge in [0.2, 0.25) is 17.5 Å². The molecule has 2 atom stereocenters. The van der Waals surface area contributed by atoms with Crippen LogP contribution in [0.1, 0.15) is 23.9 Å². The van der Waals surface area contributed by atoms with Crippen molar-refractivity contribution in [3.8, 4) is 28.6 Å². The Labute approximate surface area is 190 Å². The first-order valence-electron chi connectivity index (χ1n) is 10.2. The van der Waals surface area contributed by atoms with E-state index in [1.807, 2.05) is 11.0 Å². The van der Waals surface area contributed by atoms with Crippen molar-refractivity contribution in [1.82, 2.24) is 15.0 Å². The van der Waals surface area contributed by atoms with E-state index in [1.54, 1.807) is 39.5 Å². The van der Waals surface area contributed by atoms with Gasteiger partial charge in [-0.15, -0.1) is 0 Å². The van der Waals surface area contributed by atoms with Crippen molar-refractivity contribution < 1.29 is 29.0 Å². The van der Waals surface area contributed by atoms with Crippen LogP contribution in [0.15, 0.2) is 40.9 Å². The minimum atomic E-state index is -0.566. The van der Waals surface area contributed by atoms with Crippen LogP contribution in [0, 0.1) is 5.21 Å². The van der Waals surface area contributed by atoms with Crippen LogP contribution in [0.4, 0.5) is 5.69 Å². The standard InChI is InChI=1S/C22H25N4O7/c1-30-18-8-7-14(19(31-2)20(18)32-3)11-25-12-16(27)10-17(25)22-23-21(24-33-22)13-5-4-6-15(9-13)26(28)29/h4-9,16-17,27-28H,10-12H2,1-3H3/q-1/t16-,17+/m1/s1. The molecule has 0 spiro atoms. The van der Waals surface area contributed by atoms with E-state index in [1.165, 1.54) is 12.1 Å². The lowest BCUT2D eigenvalue weighted by molar-refractivity contribution is 0.168. The van der Waals surface area contributed by atoms with Gasteiger partial charge in [-0.1, -0.05) is 23.4 Å². The van der Waals surface area contributed by atoms with Crippen LogP contribution in [-0.2, 0) is 6.54 Å². The molecular weight excluding hydrogens is 432 g/mol. The Kier molecular flexibility index (Phi) is 6.65. The lowest BCUT2D eigenvalue weighted by atomic mass is 10.1. The van der Waals surface area contributed by atoms with Crippen LogP contribution < -0.4 is 19.4 Å². The minimum absolute atomic E-state index is 0.0531. The molecule has 3 aromatic rings. The van der Waals surface area contributed by atoms with E-state index in [-0.39, 0.29) is 22.8 Å². The molecular formula is C22H25N4O7-. The zero-order valence-corrected chi connectivity index (χ0v) is 18.5. The second kappa shape index (κ2) is 9.63. The molecule has 1 fully saturated rings. The molecule has 1 aliphatic heterocycles. The highest BCUT2D eigenvalue weighted by Gasteiger charge is 2.36. The summed E-state index contributed by atoms with van der Waals surface area (Å²) in [4.78, 5) is 6.51. The Morgan fingerprint density at radius 2 is 1.94 bits per heavy atom. The third-order valence-electron chi connectivity index (χ3n) is 5.59. The van der Waals surface area contributed by atoms with Gasteiger partial charge in [-0.05, 0) is 24.6 Å². The first kappa shape index (κ1) is 22.8. The lowest BCUT2D eigenvalue weighted by Gasteiger charge is -2.23. The molecule has 0 saturated carbocycles. The van der Waals surface area contributed by atoms with Crippen molar-refractivity contribution >= 4 is 5.69 Å². The SMILES string of the molecule is COc1ccc(CN2C[C@H](O)C[C@H]2c2nc(-c3cccc(N([O-])O)c3)no2)c(OC)c1OC. The van der Waals surface area contributed by atoms with Gasteiger partial charge in [0.05, 0.1) is 39.2 Å². The maximum atomic E-state index is 11.2. The quantitative estimate of drug-likeness (QED) is 0.483. The molecule has 2 heterocycles. The van der Waals surface area contributed by atoms with Gasteiger partial charge in [-0.3, -0.25) is 10.1 Å². The Balaban J connectivity index is 1.61. The molecule has 2 aromatic carbocycles. The van der Waals surface area contributed by atoms with Crippen molar-refractivity contribution in [2.75, 3.05) is 33.1 Å². The highest BCUT2D eigenvalue weighted by atomic mass is 16.8. The summed E-state index contributed by atoms with van der Waals surface area (Å²) in [5, 5.41) is 34.5. The number of rotatable bonds is 8. The average Bonchev–Trinajstić information content (AvgIpc) is 3.45. The number of hydrogen-bond acceptors (Lipinski definition) is 11. The highest BCUT2D eigenvalue weighted by molar-refractivity contribution is 5.62. The maximum absolute atomic E-state index is 11.2. The number of aliphatic hydroxyl groups excluding tert-OH is 1. The van der Waals surface area contributed by atoms with Crippen molar-refractivity contribution in [2.45, 2.75) is 25.1 Å². The molecule has 2 N–H and O–H groups in total. The second-order valence-electron chi connectivity index (χ2n) is 7.61. The third kappa shape index (κ3) is 4.57. The number of benzene rings is 2. The number of methoxy groups -OCH3 is 3. The average molecular weight is 457 g/mol. The van der Waals surface area contributed by atoms with E-state index in [0.717, 1.165) is 5.56 Å². The van der Waals surface area contributed by atoms with Crippen molar-refractivity contribution in [2.24, 2.45) is 0 Å². The summed E-state index contributed by atoms with van der Waals surface area (Å²) in [7, 11) is 4.66. The summed E-state index contributed by atoms with van der Waals surface area (Å²) in [6.45, 7) is 0.846. The van der Waals surface area contributed by atoms with Crippen molar-refractivity contribution in [1.29, 1.82) is 0 Å². The molecule has 11 nitrogen and oxygen atoms in total. The normalized spacial score (nSPS) is 18.4. The van der Waals surface area contributed by atoms with Gasteiger partial charge in [0.15, 0.2) is 11.5 Å². The molecule has 0 unspecified atom stereocenters. The summed E-state index contributed by atoms with van der Waals surface area (Å²) in [5.41, 5.74) is 1.42. The van der Waals surface area contributed by atoms with Gasteiger partial charge < -0.3 is 34.3 Å². The first-order valence-corrected chi connectivity index (χ1v) is 10.2. The molecule has 1 aromatic heterocycles. The fraction of sp³-hybridized carbons (Fsp3) is 0.364. The van der Waals surface area contributed by atoms with Crippen molar-refractivity contribution in [3.05, 3.63) is 53.1 Å². The zero-order valence-electron chi connectivity index (χ0n) is 18.5. The number of aromatic nitrogens is 2. The smallest absolute Gasteiger partial charge is 0.244 e. The number of hydrogen-bond donors (Lipinski definition) is 2. The van der Waals surface area contributed by atoms with Gasteiger partial charge in [0.1, 0.15) is 0 Å². The Bertz CT molecular complexity index is 1100. The molecule has 0 aliphatic carbocycles. The fourth-order valence-electron chi connectivity index (χ4n) is 4.07. The van der Waals surface area contributed by atoms with Crippen LogP contribution in [0.5, 0.6) is 17.2 Å². The van der Waals surface area contributed by atoms with Crippen molar-refractivity contribution in [3.63, 3.8) is 0 Å². The van der Waals surface area contributed by atoms with Gasteiger partial charge in [-0.25, -0.2) is 0 Å². The van der Waals surface area contributed by atoms with E-state index in [0.29, 0.717) is 48.2 Å².